The van der Waals surface area contributed by atoms with Gasteiger partial charge in [0.2, 0.25) is 0 Å². The van der Waals surface area contributed by atoms with Crippen LogP contribution in [-0.4, -0.2) is 9.97 Å². The quantitative estimate of drug-likeness (QED) is 0.743. The van der Waals surface area contributed by atoms with Gasteiger partial charge in [-0.25, -0.2) is 9.97 Å². The van der Waals surface area contributed by atoms with Gasteiger partial charge in [-0.1, -0.05) is 27.2 Å². The number of rotatable bonds is 4. The molecule has 18 heavy (non-hydrogen) atoms. The van der Waals surface area contributed by atoms with Crippen molar-refractivity contribution in [3.8, 4) is 0 Å². The highest BCUT2D eigenvalue weighted by molar-refractivity contribution is 6.17. The van der Waals surface area contributed by atoms with Crippen LogP contribution in [0.5, 0.6) is 0 Å². The Morgan fingerprint density at radius 1 is 1.39 bits per heavy atom. The molecule has 0 aliphatic heterocycles. The molecule has 1 heterocycles. The highest BCUT2D eigenvalue weighted by atomic mass is 35.5. The Bertz CT molecular complexity index is 403. The van der Waals surface area contributed by atoms with E-state index in [0.29, 0.717) is 17.7 Å². The lowest BCUT2D eigenvalue weighted by Crippen LogP contribution is -2.08. The molecule has 2 rings (SSSR count). The standard InChI is InChI=1S/C15H23ClN2/c1-4-11-5-6-12(7-11)15-17-9-13(8-16)14(18-15)10(2)3/h9-12H,4-8H2,1-3H3. The average molecular weight is 267 g/mol. The smallest absolute Gasteiger partial charge is 0.131 e. The summed E-state index contributed by atoms with van der Waals surface area (Å²) in [7, 11) is 0. The van der Waals surface area contributed by atoms with E-state index in [9.17, 15) is 0 Å². The van der Waals surface area contributed by atoms with E-state index in [1.165, 1.54) is 25.7 Å². The molecular weight excluding hydrogens is 244 g/mol. The summed E-state index contributed by atoms with van der Waals surface area (Å²) in [5, 5.41) is 0. The number of halogens is 1. The molecule has 0 saturated heterocycles. The van der Waals surface area contributed by atoms with Gasteiger partial charge < -0.3 is 0 Å². The molecule has 2 unspecified atom stereocenters. The lowest BCUT2D eigenvalue weighted by molar-refractivity contribution is 0.515. The van der Waals surface area contributed by atoms with Gasteiger partial charge in [0.25, 0.3) is 0 Å². The molecule has 1 aliphatic rings. The highest BCUT2D eigenvalue weighted by Gasteiger charge is 2.27. The van der Waals surface area contributed by atoms with Crippen LogP contribution in [0.4, 0.5) is 0 Å². The van der Waals surface area contributed by atoms with Crippen molar-refractivity contribution in [3.63, 3.8) is 0 Å². The van der Waals surface area contributed by atoms with Crippen molar-refractivity contribution in [1.29, 1.82) is 0 Å². The van der Waals surface area contributed by atoms with Crippen molar-refractivity contribution >= 4 is 11.6 Å². The third kappa shape index (κ3) is 2.85. The molecule has 0 bridgehead atoms. The van der Waals surface area contributed by atoms with Crippen LogP contribution in [0.3, 0.4) is 0 Å². The second-order valence-electron chi connectivity index (χ2n) is 5.71. The fourth-order valence-electron chi connectivity index (χ4n) is 2.91. The summed E-state index contributed by atoms with van der Waals surface area (Å²) in [5.74, 6) is 3.41. The van der Waals surface area contributed by atoms with Gasteiger partial charge in [-0.2, -0.15) is 0 Å². The van der Waals surface area contributed by atoms with Gasteiger partial charge in [-0.05, 0) is 31.1 Å². The van der Waals surface area contributed by atoms with E-state index in [2.05, 4.69) is 25.8 Å². The second-order valence-corrected chi connectivity index (χ2v) is 5.98. The molecule has 1 aromatic heterocycles. The Labute approximate surface area is 115 Å². The van der Waals surface area contributed by atoms with Gasteiger partial charge in [-0.15, -0.1) is 11.6 Å². The summed E-state index contributed by atoms with van der Waals surface area (Å²) in [6.07, 6.45) is 7.06. The third-order valence-corrected chi connectivity index (χ3v) is 4.38. The Morgan fingerprint density at radius 2 is 2.17 bits per heavy atom. The first-order chi connectivity index (χ1) is 8.65. The van der Waals surface area contributed by atoms with Crippen LogP contribution < -0.4 is 0 Å². The minimum Gasteiger partial charge on any atom is -0.241 e. The molecule has 1 aromatic rings. The minimum atomic E-state index is 0.420. The van der Waals surface area contributed by atoms with Crippen LogP contribution in [0.25, 0.3) is 0 Å². The monoisotopic (exact) mass is 266 g/mol. The normalized spacial score (nSPS) is 23.8. The van der Waals surface area contributed by atoms with Gasteiger partial charge in [0.15, 0.2) is 0 Å². The molecule has 0 amide bonds. The van der Waals surface area contributed by atoms with E-state index in [1.54, 1.807) is 0 Å². The number of alkyl halides is 1. The van der Waals surface area contributed by atoms with Crippen molar-refractivity contribution in [2.24, 2.45) is 5.92 Å². The van der Waals surface area contributed by atoms with Gasteiger partial charge in [0.05, 0.1) is 11.6 Å². The average Bonchev–Trinajstić information content (AvgIpc) is 2.86. The number of hydrogen-bond acceptors (Lipinski definition) is 2. The van der Waals surface area contributed by atoms with Crippen LogP contribution in [0, 0.1) is 5.92 Å². The minimum absolute atomic E-state index is 0.420. The van der Waals surface area contributed by atoms with Gasteiger partial charge in [-0.3, -0.25) is 0 Å². The SMILES string of the molecule is CCC1CCC(c2ncc(CCl)c(C(C)C)n2)C1. The van der Waals surface area contributed by atoms with Crippen molar-refractivity contribution in [3.05, 3.63) is 23.3 Å². The molecule has 0 N–H and O–H groups in total. The predicted octanol–water partition coefficient (Wildman–Crippen LogP) is 4.63. The summed E-state index contributed by atoms with van der Waals surface area (Å²) >= 11 is 5.95. The lowest BCUT2D eigenvalue weighted by Gasteiger charge is -2.14. The first-order valence-corrected chi connectivity index (χ1v) is 7.60. The zero-order valence-electron chi connectivity index (χ0n) is 11.6. The number of aromatic nitrogens is 2. The molecule has 0 radical (unpaired) electrons. The summed E-state index contributed by atoms with van der Waals surface area (Å²) in [4.78, 5) is 9.35. The van der Waals surface area contributed by atoms with Crippen molar-refractivity contribution in [2.75, 3.05) is 0 Å². The summed E-state index contributed by atoms with van der Waals surface area (Å²) in [5.41, 5.74) is 2.22. The Kier molecular flexibility index (Phi) is 4.60. The van der Waals surface area contributed by atoms with Crippen LogP contribution in [0.1, 0.15) is 75.4 Å². The Morgan fingerprint density at radius 3 is 2.72 bits per heavy atom. The van der Waals surface area contributed by atoms with E-state index >= 15 is 0 Å². The molecule has 2 atom stereocenters. The molecule has 3 heteroatoms. The molecule has 1 fully saturated rings. The van der Waals surface area contributed by atoms with Crippen LogP contribution in [-0.2, 0) is 5.88 Å². The first kappa shape index (κ1) is 13.8. The molecule has 1 saturated carbocycles. The van der Waals surface area contributed by atoms with Crippen molar-refractivity contribution in [2.45, 2.75) is 64.2 Å². The molecule has 100 valence electrons. The second kappa shape index (κ2) is 6.01. The van der Waals surface area contributed by atoms with Gasteiger partial charge in [0.1, 0.15) is 5.82 Å². The largest absolute Gasteiger partial charge is 0.241 e. The maximum Gasteiger partial charge on any atom is 0.131 e. The van der Waals surface area contributed by atoms with E-state index in [1.807, 2.05) is 6.20 Å². The first-order valence-electron chi connectivity index (χ1n) is 7.07. The summed E-state index contributed by atoms with van der Waals surface area (Å²) in [6, 6.07) is 0. The highest BCUT2D eigenvalue weighted by Crippen LogP contribution is 2.38. The van der Waals surface area contributed by atoms with E-state index in [-0.39, 0.29) is 0 Å². The van der Waals surface area contributed by atoms with Gasteiger partial charge in [0, 0.05) is 17.7 Å². The zero-order valence-corrected chi connectivity index (χ0v) is 12.4. The van der Waals surface area contributed by atoms with Crippen molar-refractivity contribution < 1.29 is 0 Å². The van der Waals surface area contributed by atoms with Crippen LogP contribution in [0.2, 0.25) is 0 Å². The maximum atomic E-state index is 5.95. The van der Waals surface area contributed by atoms with Crippen molar-refractivity contribution in [1.82, 2.24) is 9.97 Å². The van der Waals surface area contributed by atoms with Crippen LogP contribution in [0.15, 0.2) is 6.20 Å². The number of hydrogen-bond donors (Lipinski definition) is 0. The van der Waals surface area contributed by atoms with E-state index in [4.69, 9.17) is 16.6 Å². The van der Waals surface area contributed by atoms with E-state index in [0.717, 1.165) is 23.0 Å². The predicted molar refractivity (Wildman–Crippen MR) is 76.1 cm³/mol. The summed E-state index contributed by atoms with van der Waals surface area (Å²) in [6.45, 7) is 6.63. The molecule has 2 nitrogen and oxygen atoms in total. The fraction of sp³-hybridized carbons (Fsp3) is 0.733. The maximum absolute atomic E-state index is 5.95. The fourth-order valence-corrected chi connectivity index (χ4v) is 3.12. The van der Waals surface area contributed by atoms with Crippen LogP contribution >= 0.6 is 11.6 Å². The Hall–Kier alpha value is -0.630. The van der Waals surface area contributed by atoms with Gasteiger partial charge >= 0.3 is 0 Å². The topological polar surface area (TPSA) is 25.8 Å². The molecule has 0 aromatic carbocycles. The summed E-state index contributed by atoms with van der Waals surface area (Å²) < 4.78 is 0. The molecule has 0 spiro atoms. The molecular formula is C15H23ClN2. The number of nitrogens with zero attached hydrogens (tertiary/aromatic N) is 2. The molecule has 1 aliphatic carbocycles. The zero-order chi connectivity index (χ0) is 13.1. The Balaban J connectivity index is 2.22. The van der Waals surface area contributed by atoms with E-state index < -0.39 is 0 Å². The third-order valence-electron chi connectivity index (χ3n) is 4.09. The lowest BCUT2D eigenvalue weighted by atomic mass is 10.0.